The molecule has 0 atom stereocenters. The van der Waals surface area contributed by atoms with Gasteiger partial charge in [-0.2, -0.15) is 0 Å². The maximum atomic E-state index is 10.9. The van der Waals surface area contributed by atoms with E-state index < -0.39 is 5.60 Å². The van der Waals surface area contributed by atoms with Gasteiger partial charge in [-0.15, -0.1) is 0 Å². The SMILES string of the molecule is CC(=O)NCCc1ccc(Cl)c(C(C)(C)O[Si]C(C)(C)C)c1. The summed E-state index contributed by atoms with van der Waals surface area (Å²) < 4.78 is 6.13. The van der Waals surface area contributed by atoms with E-state index in [4.69, 9.17) is 16.0 Å². The number of halogens is 1. The van der Waals surface area contributed by atoms with E-state index in [-0.39, 0.29) is 10.9 Å². The topological polar surface area (TPSA) is 38.3 Å². The van der Waals surface area contributed by atoms with Crippen LogP contribution in [0.25, 0.3) is 0 Å². The Morgan fingerprint density at radius 1 is 1.27 bits per heavy atom. The molecule has 5 heteroatoms. The first-order valence-corrected chi connectivity index (χ1v) is 8.78. The molecule has 122 valence electrons. The zero-order valence-electron chi connectivity index (χ0n) is 14.3. The van der Waals surface area contributed by atoms with E-state index in [0.717, 1.165) is 17.5 Å². The minimum Gasteiger partial charge on any atom is -0.408 e. The van der Waals surface area contributed by atoms with E-state index in [1.165, 1.54) is 6.92 Å². The molecule has 0 spiro atoms. The highest BCUT2D eigenvalue weighted by molar-refractivity contribution is 6.32. The molecule has 22 heavy (non-hydrogen) atoms. The third-order valence-corrected chi connectivity index (χ3v) is 4.63. The first-order valence-electron chi connectivity index (χ1n) is 7.50. The zero-order valence-corrected chi connectivity index (χ0v) is 16.1. The maximum absolute atomic E-state index is 10.9. The molecule has 1 aromatic rings. The van der Waals surface area contributed by atoms with Crippen molar-refractivity contribution in [3.05, 3.63) is 34.3 Å². The lowest BCUT2D eigenvalue weighted by Crippen LogP contribution is -2.28. The van der Waals surface area contributed by atoms with Crippen molar-refractivity contribution in [1.29, 1.82) is 0 Å². The Morgan fingerprint density at radius 2 is 1.91 bits per heavy atom. The fraction of sp³-hybridized carbons (Fsp3) is 0.588. The van der Waals surface area contributed by atoms with Gasteiger partial charge in [-0.1, -0.05) is 44.5 Å². The molecule has 2 radical (unpaired) electrons. The average Bonchev–Trinajstić information content (AvgIpc) is 2.37. The summed E-state index contributed by atoms with van der Waals surface area (Å²) >= 11 is 6.37. The van der Waals surface area contributed by atoms with Crippen molar-refractivity contribution in [3.63, 3.8) is 0 Å². The zero-order chi connectivity index (χ0) is 17.0. The van der Waals surface area contributed by atoms with Gasteiger partial charge in [0.15, 0.2) is 0 Å². The lowest BCUT2D eigenvalue weighted by Gasteiger charge is -2.30. The first-order chi connectivity index (χ1) is 10.0. The summed E-state index contributed by atoms with van der Waals surface area (Å²) in [4.78, 5) is 10.9. The van der Waals surface area contributed by atoms with Gasteiger partial charge in [0, 0.05) is 24.1 Å². The van der Waals surface area contributed by atoms with Gasteiger partial charge >= 0.3 is 0 Å². The standard InChI is InChI=1S/C17H26ClNO2Si/c1-12(20)19-10-9-13-7-8-15(18)14(11-13)17(5,6)21-22-16(2,3)4/h7-8,11H,9-10H2,1-6H3,(H,19,20). The van der Waals surface area contributed by atoms with E-state index in [1.807, 2.05) is 26.0 Å². The molecular formula is C17H26ClNO2Si. The number of benzene rings is 1. The van der Waals surface area contributed by atoms with Crippen molar-refractivity contribution < 1.29 is 9.22 Å². The van der Waals surface area contributed by atoms with Gasteiger partial charge in [-0.25, -0.2) is 0 Å². The molecule has 1 aromatic carbocycles. The van der Waals surface area contributed by atoms with Gasteiger partial charge in [-0.3, -0.25) is 4.79 Å². The molecule has 0 fully saturated rings. The predicted molar refractivity (Wildman–Crippen MR) is 93.4 cm³/mol. The summed E-state index contributed by atoms with van der Waals surface area (Å²) in [6, 6.07) is 5.98. The Hall–Kier alpha value is -0.843. The lowest BCUT2D eigenvalue weighted by molar-refractivity contribution is -0.118. The Balaban J connectivity index is 2.85. The van der Waals surface area contributed by atoms with Crippen molar-refractivity contribution in [1.82, 2.24) is 5.32 Å². The molecule has 0 aliphatic carbocycles. The molecule has 0 unspecified atom stereocenters. The molecule has 3 nitrogen and oxygen atoms in total. The van der Waals surface area contributed by atoms with Gasteiger partial charge in [0.25, 0.3) is 0 Å². The van der Waals surface area contributed by atoms with Crippen LogP contribution in [0.5, 0.6) is 0 Å². The minimum atomic E-state index is -0.438. The fourth-order valence-electron chi connectivity index (χ4n) is 1.91. The highest BCUT2D eigenvalue weighted by Gasteiger charge is 2.27. The van der Waals surface area contributed by atoms with E-state index >= 15 is 0 Å². The van der Waals surface area contributed by atoms with E-state index in [9.17, 15) is 4.79 Å². The van der Waals surface area contributed by atoms with Crippen LogP contribution in [0.3, 0.4) is 0 Å². The van der Waals surface area contributed by atoms with Crippen LogP contribution in [0.2, 0.25) is 10.1 Å². The summed E-state index contributed by atoms with van der Waals surface area (Å²) in [5.41, 5.74) is 1.70. The average molecular weight is 340 g/mol. The van der Waals surface area contributed by atoms with Gasteiger partial charge < -0.3 is 9.74 Å². The number of amides is 1. The van der Waals surface area contributed by atoms with Gasteiger partial charge in [0.2, 0.25) is 15.7 Å². The molecule has 0 aliphatic heterocycles. The fourth-order valence-corrected chi connectivity index (χ4v) is 2.92. The lowest BCUT2D eigenvalue weighted by atomic mass is 9.95. The summed E-state index contributed by atoms with van der Waals surface area (Å²) in [5, 5.41) is 3.66. The van der Waals surface area contributed by atoms with Crippen LogP contribution in [0.4, 0.5) is 0 Å². The maximum Gasteiger partial charge on any atom is 0.236 e. The van der Waals surface area contributed by atoms with Crippen molar-refractivity contribution in [3.8, 4) is 0 Å². The van der Waals surface area contributed by atoms with Crippen molar-refractivity contribution in [2.75, 3.05) is 6.54 Å². The Morgan fingerprint density at radius 3 is 2.45 bits per heavy atom. The van der Waals surface area contributed by atoms with E-state index in [2.05, 4.69) is 32.2 Å². The minimum absolute atomic E-state index is 0.00997. The van der Waals surface area contributed by atoms with Crippen LogP contribution in [-0.2, 0) is 21.2 Å². The summed E-state index contributed by atoms with van der Waals surface area (Å²) in [6.07, 6.45) is 0.779. The molecule has 0 bridgehead atoms. The van der Waals surface area contributed by atoms with E-state index in [1.54, 1.807) is 0 Å². The molecule has 0 saturated carbocycles. The molecular weight excluding hydrogens is 314 g/mol. The third kappa shape index (κ3) is 6.51. The van der Waals surface area contributed by atoms with Crippen LogP contribution < -0.4 is 5.32 Å². The van der Waals surface area contributed by atoms with Crippen molar-refractivity contribution >= 4 is 27.3 Å². The highest BCUT2D eigenvalue weighted by atomic mass is 35.5. The summed E-state index contributed by atoms with van der Waals surface area (Å²) in [7, 11) is 0.394. The van der Waals surface area contributed by atoms with Crippen LogP contribution in [0.15, 0.2) is 18.2 Å². The number of hydrogen-bond acceptors (Lipinski definition) is 2. The van der Waals surface area contributed by atoms with Crippen molar-refractivity contribution in [2.45, 2.75) is 58.6 Å². The largest absolute Gasteiger partial charge is 0.408 e. The van der Waals surface area contributed by atoms with Gasteiger partial charge in [-0.05, 0) is 36.9 Å². The predicted octanol–water partition coefficient (Wildman–Crippen LogP) is 4.11. The van der Waals surface area contributed by atoms with Crippen LogP contribution in [0, 0.1) is 0 Å². The number of hydrogen-bond donors (Lipinski definition) is 1. The quantitative estimate of drug-likeness (QED) is 0.792. The Kier molecular flexibility index (Phi) is 6.65. The molecule has 0 aromatic heterocycles. The number of carbonyl (C=O) groups is 1. The van der Waals surface area contributed by atoms with Crippen LogP contribution in [0.1, 0.15) is 52.7 Å². The highest BCUT2D eigenvalue weighted by Crippen LogP contribution is 2.34. The summed E-state index contributed by atoms with van der Waals surface area (Å²) in [6.45, 7) is 12.7. The molecule has 1 amide bonds. The third-order valence-electron chi connectivity index (χ3n) is 3.08. The second-order valence-electron chi connectivity index (χ2n) is 7.01. The molecule has 1 rings (SSSR count). The van der Waals surface area contributed by atoms with E-state index in [0.29, 0.717) is 21.3 Å². The normalized spacial score (nSPS) is 12.3. The second kappa shape index (κ2) is 7.62. The molecule has 0 heterocycles. The van der Waals surface area contributed by atoms with Gasteiger partial charge in [0.1, 0.15) is 0 Å². The Bertz CT molecular complexity index is 524. The molecule has 0 saturated heterocycles. The van der Waals surface area contributed by atoms with Crippen molar-refractivity contribution in [2.24, 2.45) is 0 Å². The number of nitrogens with one attached hydrogen (secondary N) is 1. The second-order valence-corrected chi connectivity index (χ2v) is 9.33. The smallest absolute Gasteiger partial charge is 0.236 e. The summed E-state index contributed by atoms with van der Waals surface area (Å²) in [5.74, 6) is -0.00997. The van der Waals surface area contributed by atoms with Crippen LogP contribution >= 0.6 is 11.6 Å². The van der Waals surface area contributed by atoms with Crippen LogP contribution in [-0.4, -0.2) is 22.2 Å². The monoisotopic (exact) mass is 339 g/mol. The number of carbonyl (C=O) groups excluding carboxylic acids is 1. The molecule has 1 N–H and O–H groups in total. The van der Waals surface area contributed by atoms with Gasteiger partial charge in [0.05, 0.1) is 5.60 Å². The number of rotatable bonds is 6. The Labute approximate surface area is 141 Å². The molecule has 0 aliphatic rings. The first kappa shape index (κ1) is 19.2.